The first kappa shape index (κ1) is 18.4. The molecule has 3 aromatic rings. The fraction of sp³-hybridized carbons (Fsp3) is 0.333. The summed E-state index contributed by atoms with van der Waals surface area (Å²) in [5, 5.41) is 14.3. The van der Waals surface area contributed by atoms with Gasteiger partial charge in [0.15, 0.2) is 5.82 Å². The van der Waals surface area contributed by atoms with Crippen LogP contribution in [0.1, 0.15) is 42.8 Å². The number of nitrogens with two attached hydrogens (primary N) is 1. The number of ether oxygens (including phenoxy) is 2. The maximum Gasteiger partial charge on any atom is 0.258 e. The molecule has 1 atom stereocenters. The molecule has 2 aromatic heterocycles. The summed E-state index contributed by atoms with van der Waals surface area (Å²) in [5.41, 5.74) is 8.19. The number of nitrogen functional groups attached to an aromatic ring is 1. The lowest BCUT2D eigenvalue weighted by atomic mass is 10.0. The molecule has 5 rings (SSSR count). The third kappa shape index (κ3) is 2.92. The van der Waals surface area contributed by atoms with Crippen LogP contribution in [0.4, 0.5) is 10.2 Å². The Labute approximate surface area is 172 Å². The number of aromatic nitrogens is 4. The summed E-state index contributed by atoms with van der Waals surface area (Å²) in [6.45, 7) is 1.77. The van der Waals surface area contributed by atoms with E-state index >= 15 is 0 Å². The van der Waals surface area contributed by atoms with E-state index in [0.717, 1.165) is 12.8 Å². The van der Waals surface area contributed by atoms with Crippen molar-refractivity contribution in [2.24, 2.45) is 7.05 Å². The number of benzene rings is 1. The number of halogens is 1. The summed E-state index contributed by atoms with van der Waals surface area (Å²) < 4.78 is 27.9. The lowest BCUT2D eigenvalue weighted by Crippen LogP contribution is -2.24. The third-order valence-electron chi connectivity index (χ3n) is 5.57. The zero-order chi connectivity index (χ0) is 21.0. The van der Waals surface area contributed by atoms with Gasteiger partial charge in [0.2, 0.25) is 0 Å². The minimum atomic E-state index is -0.582. The van der Waals surface area contributed by atoms with Crippen LogP contribution < -0.4 is 15.2 Å². The van der Waals surface area contributed by atoms with Gasteiger partial charge in [-0.05, 0) is 38.0 Å². The van der Waals surface area contributed by atoms with Gasteiger partial charge in [-0.2, -0.15) is 10.4 Å². The van der Waals surface area contributed by atoms with E-state index in [9.17, 15) is 9.65 Å². The average Bonchev–Trinajstić information content (AvgIpc) is 3.39. The highest BCUT2D eigenvalue weighted by atomic mass is 19.1. The number of nitrogens with zero attached hydrogens (tertiary/aromatic N) is 5. The van der Waals surface area contributed by atoms with Crippen LogP contribution in [-0.2, 0) is 13.5 Å². The average molecular weight is 406 g/mol. The second-order valence-corrected chi connectivity index (χ2v) is 7.76. The normalized spacial score (nSPS) is 18.7. The fourth-order valence-corrected chi connectivity index (χ4v) is 3.84. The molecule has 0 saturated heterocycles. The molecule has 1 saturated carbocycles. The van der Waals surface area contributed by atoms with E-state index in [1.165, 1.54) is 23.0 Å². The highest BCUT2D eigenvalue weighted by molar-refractivity contribution is 5.69. The van der Waals surface area contributed by atoms with Crippen molar-refractivity contribution in [3.8, 4) is 29.0 Å². The van der Waals surface area contributed by atoms with E-state index in [1.807, 2.05) is 0 Å². The van der Waals surface area contributed by atoms with Crippen LogP contribution in [0.5, 0.6) is 11.6 Å². The molecule has 1 unspecified atom stereocenters. The van der Waals surface area contributed by atoms with Gasteiger partial charge < -0.3 is 15.2 Å². The molecular formula is C21H19FN6O2. The number of hydrogen-bond donors (Lipinski definition) is 1. The second-order valence-electron chi connectivity index (χ2n) is 7.76. The number of aryl methyl sites for hydroxylation is 1. The van der Waals surface area contributed by atoms with E-state index in [4.69, 9.17) is 15.2 Å². The van der Waals surface area contributed by atoms with E-state index < -0.39 is 11.7 Å². The standard InChI is InChI=1S/C21H19FN6O2/c1-11-13-7-12(22)3-4-17(13)30-21(5-6-21)8-14-18(16(9-23)28(2)27-14)15-10-25-19(24)20(26-15)29-11/h3-4,7,10-11H,5-6,8H2,1-2H3,(H2,24,25). The van der Waals surface area contributed by atoms with Crippen molar-refractivity contribution in [1.29, 1.82) is 5.26 Å². The molecule has 30 heavy (non-hydrogen) atoms. The molecule has 8 nitrogen and oxygen atoms in total. The van der Waals surface area contributed by atoms with Crippen LogP contribution in [0.25, 0.3) is 11.3 Å². The largest absolute Gasteiger partial charge is 0.486 e. The molecule has 1 fully saturated rings. The monoisotopic (exact) mass is 406 g/mol. The van der Waals surface area contributed by atoms with Crippen molar-refractivity contribution in [3.63, 3.8) is 0 Å². The molecule has 1 aromatic carbocycles. The molecule has 1 aliphatic heterocycles. The van der Waals surface area contributed by atoms with Crippen LogP contribution in [0.3, 0.4) is 0 Å². The van der Waals surface area contributed by atoms with Gasteiger partial charge in [-0.3, -0.25) is 4.68 Å². The minimum Gasteiger partial charge on any atom is -0.486 e. The predicted molar refractivity (Wildman–Crippen MR) is 105 cm³/mol. The molecule has 0 amide bonds. The maximum atomic E-state index is 14.0. The SMILES string of the molecule is CC1Oc2nc(cnc2N)-c2c(nn(C)c2C#N)CC2(CC2)Oc2ccc(F)cc21. The summed E-state index contributed by atoms with van der Waals surface area (Å²) in [7, 11) is 1.71. The summed E-state index contributed by atoms with van der Waals surface area (Å²) in [6.07, 6.45) is 3.08. The van der Waals surface area contributed by atoms with Crippen LogP contribution in [0.15, 0.2) is 24.4 Å². The first-order valence-electron chi connectivity index (χ1n) is 9.63. The van der Waals surface area contributed by atoms with Crippen molar-refractivity contribution < 1.29 is 13.9 Å². The van der Waals surface area contributed by atoms with Crippen LogP contribution in [-0.4, -0.2) is 25.3 Å². The highest BCUT2D eigenvalue weighted by Gasteiger charge is 2.47. The molecule has 9 heteroatoms. The number of rotatable bonds is 0. The lowest BCUT2D eigenvalue weighted by molar-refractivity contribution is 0.161. The zero-order valence-corrected chi connectivity index (χ0v) is 16.5. The highest BCUT2D eigenvalue weighted by Crippen LogP contribution is 2.46. The van der Waals surface area contributed by atoms with Crippen LogP contribution >= 0.6 is 0 Å². The molecule has 0 radical (unpaired) electrons. The molecule has 2 bridgehead atoms. The van der Waals surface area contributed by atoms with E-state index in [1.54, 1.807) is 20.0 Å². The predicted octanol–water partition coefficient (Wildman–Crippen LogP) is 3.08. The lowest BCUT2D eigenvalue weighted by Gasteiger charge is -2.24. The Hall–Kier alpha value is -3.67. The van der Waals surface area contributed by atoms with E-state index in [2.05, 4.69) is 21.1 Å². The van der Waals surface area contributed by atoms with Gasteiger partial charge in [-0.1, -0.05) is 0 Å². The van der Waals surface area contributed by atoms with Crippen LogP contribution in [0, 0.1) is 17.1 Å². The van der Waals surface area contributed by atoms with Crippen LogP contribution in [0.2, 0.25) is 0 Å². The van der Waals surface area contributed by atoms with Gasteiger partial charge >= 0.3 is 0 Å². The smallest absolute Gasteiger partial charge is 0.258 e. The van der Waals surface area contributed by atoms with Gasteiger partial charge in [0.05, 0.1) is 23.1 Å². The molecule has 2 N–H and O–H groups in total. The fourth-order valence-electron chi connectivity index (χ4n) is 3.84. The quantitative estimate of drug-likeness (QED) is 0.610. The Kier molecular flexibility index (Phi) is 3.93. The summed E-state index contributed by atoms with van der Waals surface area (Å²) >= 11 is 0. The van der Waals surface area contributed by atoms with Crippen molar-refractivity contribution in [1.82, 2.24) is 19.7 Å². The third-order valence-corrected chi connectivity index (χ3v) is 5.57. The molecular weight excluding hydrogens is 387 g/mol. The van der Waals surface area contributed by atoms with Gasteiger partial charge in [0, 0.05) is 19.0 Å². The molecule has 1 aliphatic carbocycles. The summed E-state index contributed by atoms with van der Waals surface area (Å²) in [6, 6.07) is 6.57. The number of fused-ring (bicyclic) bond motifs is 5. The minimum absolute atomic E-state index is 0.101. The zero-order valence-electron chi connectivity index (χ0n) is 16.5. The number of anilines is 1. The second kappa shape index (κ2) is 6.42. The number of nitriles is 1. The molecule has 152 valence electrons. The maximum absolute atomic E-state index is 14.0. The molecule has 2 aliphatic rings. The van der Waals surface area contributed by atoms with Gasteiger partial charge in [0.25, 0.3) is 5.88 Å². The topological polar surface area (TPSA) is 112 Å². The number of hydrogen-bond acceptors (Lipinski definition) is 7. The van der Waals surface area contributed by atoms with Gasteiger partial charge in [0.1, 0.15) is 35.0 Å². The van der Waals surface area contributed by atoms with E-state index in [-0.39, 0.29) is 17.5 Å². The van der Waals surface area contributed by atoms with Crippen molar-refractivity contribution in [2.75, 3.05) is 5.73 Å². The Morgan fingerprint density at radius 2 is 2.17 bits per heavy atom. The van der Waals surface area contributed by atoms with Gasteiger partial charge in [-0.25, -0.2) is 14.4 Å². The van der Waals surface area contributed by atoms with Crippen molar-refractivity contribution in [3.05, 3.63) is 47.2 Å². The van der Waals surface area contributed by atoms with E-state index in [0.29, 0.717) is 40.4 Å². The summed E-state index contributed by atoms with van der Waals surface area (Å²) in [4.78, 5) is 8.74. The summed E-state index contributed by atoms with van der Waals surface area (Å²) in [5.74, 6) is 0.366. The van der Waals surface area contributed by atoms with Crippen molar-refractivity contribution in [2.45, 2.75) is 37.9 Å². The Morgan fingerprint density at radius 1 is 1.37 bits per heavy atom. The van der Waals surface area contributed by atoms with Gasteiger partial charge in [-0.15, -0.1) is 0 Å². The first-order chi connectivity index (χ1) is 14.4. The Bertz CT molecular complexity index is 1210. The van der Waals surface area contributed by atoms with Crippen molar-refractivity contribution >= 4 is 5.82 Å². The first-order valence-corrected chi connectivity index (χ1v) is 9.63. The molecule has 3 heterocycles. The Balaban J connectivity index is 1.74. The molecule has 1 spiro atoms. The Morgan fingerprint density at radius 3 is 2.90 bits per heavy atom.